The highest BCUT2D eigenvalue weighted by Gasteiger charge is 2.08. The molecule has 3 aromatic rings. The second-order valence-corrected chi connectivity index (χ2v) is 4.39. The molecule has 0 radical (unpaired) electrons. The van der Waals surface area contributed by atoms with E-state index in [9.17, 15) is 0 Å². The maximum Gasteiger partial charge on any atom is 0.216 e. The SMILES string of the molecule is COc1ccc(Cc2nc3cccc(OC)n3n2)cc1. The molecule has 0 fully saturated rings. The van der Waals surface area contributed by atoms with Gasteiger partial charge in [-0.2, -0.15) is 4.52 Å². The highest BCUT2D eigenvalue weighted by Crippen LogP contribution is 2.16. The van der Waals surface area contributed by atoms with Crippen LogP contribution in [-0.2, 0) is 6.42 Å². The Labute approximate surface area is 116 Å². The molecule has 0 atom stereocenters. The van der Waals surface area contributed by atoms with Crippen LogP contribution in [-0.4, -0.2) is 28.8 Å². The minimum Gasteiger partial charge on any atom is -0.497 e. The van der Waals surface area contributed by atoms with Crippen molar-refractivity contribution in [2.75, 3.05) is 14.2 Å². The summed E-state index contributed by atoms with van der Waals surface area (Å²) < 4.78 is 12.1. The van der Waals surface area contributed by atoms with E-state index in [1.807, 2.05) is 42.5 Å². The Morgan fingerprint density at radius 1 is 1.00 bits per heavy atom. The molecule has 0 amide bonds. The minimum absolute atomic E-state index is 0.675. The quantitative estimate of drug-likeness (QED) is 0.729. The fourth-order valence-electron chi connectivity index (χ4n) is 2.08. The highest BCUT2D eigenvalue weighted by atomic mass is 16.5. The van der Waals surface area contributed by atoms with Crippen molar-refractivity contribution >= 4 is 5.65 Å². The van der Waals surface area contributed by atoms with Crippen molar-refractivity contribution in [1.29, 1.82) is 0 Å². The highest BCUT2D eigenvalue weighted by molar-refractivity contribution is 5.41. The van der Waals surface area contributed by atoms with E-state index in [1.165, 1.54) is 0 Å². The van der Waals surface area contributed by atoms with Gasteiger partial charge < -0.3 is 9.47 Å². The van der Waals surface area contributed by atoms with E-state index in [2.05, 4.69) is 10.1 Å². The van der Waals surface area contributed by atoms with E-state index < -0.39 is 0 Å². The molecule has 102 valence electrons. The van der Waals surface area contributed by atoms with E-state index in [-0.39, 0.29) is 0 Å². The lowest BCUT2D eigenvalue weighted by Crippen LogP contribution is -1.96. The van der Waals surface area contributed by atoms with Gasteiger partial charge in [0.1, 0.15) is 5.75 Å². The first kappa shape index (κ1) is 12.5. The van der Waals surface area contributed by atoms with Gasteiger partial charge >= 0.3 is 0 Å². The van der Waals surface area contributed by atoms with Gasteiger partial charge in [0.15, 0.2) is 11.5 Å². The zero-order valence-corrected chi connectivity index (χ0v) is 11.4. The van der Waals surface area contributed by atoms with Gasteiger partial charge in [0.2, 0.25) is 5.88 Å². The third kappa shape index (κ3) is 2.30. The average molecular weight is 269 g/mol. The lowest BCUT2D eigenvalue weighted by Gasteiger charge is -2.01. The average Bonchev–Trinajstić information content (AvgIpc) is 2.90. The van der Waals surface area contributed by atoms with Crippen LogP contribution in [0.25, 0.3) is 5.65 Å². The second-order valence-electron chi connectivity index (χ2n) is 4.39. The zero-order chi connectivity index (χ0) is 13.9. The number of hydrogen-bond acceptors (Lipinski definition) is 4. The monoisotopic (exact) mass is 269 g/mol. The van der Waals surface area contributed by atoms with Gasteiger partial charge in [-0.05, 0) is 23.8 Å². The summed E-state index contributed by atoms with van der Waals surface area (Å²) in [5.74, 6) is 2.29. The molecule has 0 aliphatic carbocycles. The molecule has 0 bridgehead atoms. The number of nitrogens with zero attached hydrogens (tertiary/aromatic N) is 3. The Morgan fingerprint density at radius 3 is 2.50 bits per heavy atom. The summed E-state index contributed by atoms with van der Waals surface area (Å²) in [5.41, 5.74) is 1.92. The van der Waals surface area contributed by atoms with Crippen LogP contribution in [0.15, 0.2) is 42.5 Å². The lowest BCUT2D eigenvalue weighted by molar-refractivity contribution is 0.385. The van der Waals surface area contributed by atoms with Crippen LogP contribution in [0.1, 0.15) is 11.4 Å². The van der Waals surface area contributed by atoms with Crippen LogP contribution < -0.4 is 9.47 Å². The van der Waals surface area contributed by atoms with Gasteiger partial charge in [0.05, 0.1) is 14.2 Å². The van der Waals surface area contributed by atoms with Crippen molar-refractivity contribution in [1.82, 2.24) is 14.6 Å². The Balaban J connectivity index is 1.90. The Bertz CT molecular complexity index is 720. The molecular weight excluding hydrogens is 254 g/mol. The van der Waals surface area contributed by atoms with E-state index in [4.69, 9.17) is 9.47 Å². The largest absolute Gasteiger partial charge is 0.497 e. The van der Waals surface area contributed by atoms with Crippen LogP contribution in [0.4, 0.5) is 0 Å². The fraction of sp³-hybridized carbons (Fsp3) is 0.200. The van der Waals surface area contributed by atoms with E-state index in [0.717, 1.165) is 22.8 Å². The molecule has 0 spiro atoms. The van der Waals surface area contributed by atoms with E-state index in [1.54, 1.807) is 18.7 Å². The lowest BCUT2D eigenvalue weighted by atomic mass is 10.1. The van der Waals surface area contributed by atoms with Gasteiger partial charge in [-0.15, -0.1) is 5.10 Å². The molecule has 0 N–H and O–H groups in total. The molecule has 0 unspecified atom stereocenters. The second kappa shape index (κ2) is 5.21. The molecular formula is C15H15N3O2. The number of methoxy groups -OCH3 is 2. The summed E-state index contributed by atoms with van der Waals surface area (Å²) in [6.45, 7) is 0. The van der Waals surface area contributed by atoms with Crippen LogP contribution in [0, 0.1) is 0 Å². The predicted molar refractivity (Wildman–Crippen MR) is 75.3 cm³/mol. The first-order valence-corrected chi connectivity index (χ1v) is 6.32. The topological polar surface area (TPSA) is 48.7 Å². The van der Waals surface area contributed by atoms with Crippen molar-refractivity contribution in [2.45, 2.75) is 6.42 Å². The third-order valence-electron chi connectivity index (χ3n) is 3.10. The molecule has 0 aliphatic rings. The molecule has 5 nitrogen and oxygen atoms in total. The zero-order valence-electron chi connectivity index (χ0n) is 11.4. The van der Waals surface area contributed by atoms with Crippen molar-refractivity contribution < 1.29 is 9.47 Å². The summed E-state index contributed by atoms with van der Waals surface area (Å²) >= 11 is 0. The number of benzene rings is 1. The summed E-state index contributed by atoms with van der Waals surface area (Å²) in [5, 5.41) is 4.47. The molecule has 5 heteroatoms. The third-order valence-corrected chi connectivity index (χ3v) is 3.10. The number of rotatable bonds is 4. The first-order valence-electron chi connectivity index (χ1n) is 6.32. The normalized spacial score (nSPS) is 10.7. The van der Waals surface area contributed by atoms with Gasteiger partial charge in [-0.1, -0.05) is 18.2 Å². The smallest absolute Gasteiger partial charge is 0.216 e. The molecule has 0 aliphatic heterocycles. The van der Waals surface area contributed by atoms with Crippen molar-refractivity contribution in [2.24, 2.45) is 0 Å². The minimum atomic E-state index is 0.675. The molecule has 20 heavy (non-hydrogen) atoms. The Morgan fingerprint density at radius 2 is 1.80 bits per heavy atom. The number of aromatic nitrogens is 3. The fourth-order valence-corrected chi connectivity index (χ4v) is 2.08. The number of fused-ring (bicyclic) bond motifs is 1. The van der Waals surface area contributed by atoms with Gasteiger partial charge in [-0.3, -0.25) is 0 Å². The summed E-state index contributed by atoms with van der Waals surface area (Å²) in [6.07, 6.45) is 0.675. The summed E-state index contributed by atoms with van der Waals surface area (Å²) in [6, 6.07) is 13.6. The van der Waals surface area contributed by atoms with Crippen LogP contribution in [0.2, 0.25) is 0 Å². The van der Waals surface area contributed by atoms with Crippen LogP contribution in [0.5, 0.6) is 11.6 Å². The van der Waals surface area contributed by atoms with Gasteiger partial charge in [0.25, 0.3) is 0 Å². The summed E-state index contributed by atoms with van der Waals surface area (Å²) in [7, 11) is 3.28. The van der Waals surface area contributed by atoms with Crippen molar-refractivity contribution in [3.63, 3.8) is 0 Å². The molecule has 0 saturated heterocycles. The van der Waals surface area contributed by atoms with Crippen molar-refractivity contribution in [3.05, 3.63) is 53.9 Å². The standard InChI is InChI=1S/C15H15N3O2/c1-19-12-8-6-11(7-9-12)10-13-16-14-4-3-5-15(20-2)18(14)17-13/h3-9H,10H2,1-2H3. The van der Waals surface area contributed by atoms with Crippen molar-refractivity contribution in [3.8, 4) is 11.6 Å². The molecule has 0 saturated carbocycles. The molecule has 3 rings (SSSR count). The number of hydrogen-bond donors (Lipinski definition) is 0. The van der Waals surface area contributed by atoms with Gasteiger partial charge in [-0.25, -0.2) is 4.98 Å². The maximum absolute atomic E-state index is 5.27. The Kier molecular flexibility index (Phi) is 3.25. The summed E-state index contributed by atoms with van der Waals surface area (Å²) in [4.78, 5) is 4.50. The van der Waals surface area contributed by atoms with E-state index >= 15 is 0 Å². The first-order chi connectivity index (χ1) is 9.80. The molecule has 2 heterocycles. The Hall–Kier alpha value is -2.56. The van der Waals surface area contributed by atoms with Crippen LogP contribution in [0.3, 0.4) is 0 Å². The number of ether oxygens (including phenoxy) is 2. The van der Waals surface area contributed by atoms with E-state index in [0.29, 0.717) is 12.3 Å². The molecule has 1 aromatic carbocycles. The predicted octanol–water partition coefficient (Wildman–Crippen LogP) is 2.34. The molecule has 2 aromatic heterocycles. The van der Waals surface area contributed by atoms with Gasteiger partial charge in [0, 0.05) is 12.5 Å². The van der Waals surface area contributed by atoms with Crippen LogP contribution >= 0.6 is 0 Å². The maximum atomic E-state index is 5.27. The number of pyridine rings is 1.